The van der Waals surface area contributed by atoms with Gasteiger partial charge in [0, 0.05) is 5.69 Å². The highest BCUT2D eigenvalue weighted by Crippen LogP contribution is 2.14. The van der Waals surface area contributed by atoms with Gasteiger partial charge in [0.1, 0.15) is 0 Å². The van der Waals surface area contributed by atoms with Crippen LogP contribution in [0.2, 0.25) is 0 Å². The molecule has 0 fully saturated rings. The zero-order chi connectivity index (χ0) is 15.9. The number of rotatable bonds is 6. The first-order valence-electron chi connectivity index (χ1n) is 7.01. The molecule has 6 heteroatoms. The fourth-order valence-corrected chi connectivity index (χ4v) is 2.24. The van der Waals surface area contributed by atoms with Gasteiger partial charge in [0.25, 0.3) is 5.91 Å². The molecule has 0 aliphatic carbocycles. The standard InChI is InChI=1S/C16H17BrN2O3/c1-2-3-11-4-6-12(7-5-11)19-15(20)10-18-16(21)13-8-9-14(17)22-13/h4-9H,2-3,10H2,1H3,(H,18,21)(H,19,20). The molecule has 0 saturated carbocycles. The van der Waals surface area contributed by atoms with Crippen LogP contribution in [0, 0.1) is 0 Å². The molecule has 0 unspecified atom stereocenters. The Morgan fingerprint density at radius 3 is 2.45 bits per heavy atom. The SMILES string of the molecule is CCCc1ccc(NC(=O)CNC(=O)c2ccc(Br)o2)cc1. The van der Waals surface area contributed by atoms with Gasteiger partial charge in [-0.2, -0.15) is 0 Å². The number of hydrogen-bond acceptors (Lipinski definition) is 3. The van der Waals surface area contributed by atoms with E-state index in [1.165, 1.54) is 11.6 Å². The zero-order valence-corrected chi connectivity index (χ0v) is 13.8. The normalized spacial score (nSPS) is 10.3. The molecule has 2 aromatic rings. The molecule has 0 spiro atoms. The van der Waals surface area contributed by atoms with Gasteiger partial charge in [0.05, 0.1) is 6.54 Å². The van der Waals surface area contributed by atoms with Gasteiger partial charge in [0.15, 0.2) is 10.4 Å². The summed E-state index contributed by atoms with van der Waals surface area (Å²) in [6, 6.07) is 10.8. The van der Waals surface area contributed by atoms with E-state index in [1.807, 2.05) is 24.3 Å². The molecule has 2 N–H and O–H groups in total. The lowest BCUT2D eigenvalue weighted by Gasteiger charge is -2.07. The number of aryl methyl sites for hydroxylation is 1. The lowest BCUT2D eigenvalue weighted by atomic mass is 10.1. The summed E-state index contributed by atoms with van der Waals surface area (Å²) in [4.78, 5) is 23.5. The summed E-state index contributed by atoms with van der Waals surface area (Å²) in [5.74, 6) is -0.565. The Morgan fingerprint density at radius 2 is 1.86 bits per heavy atom. The predicted octanol–water partition coefficient (Wildman–Crippen LogP) is 3.36. The minimum atomic E-state index is -0.431. The molecule has 116 valence electrons. The molecular formula is C16H17BrN2O3. The van der Waals surface area contributed by atoms with E-state index in [0.29, 0.717) is 10.4 Å². The van der Waals surface area contributed by atoms with E-state index in [1.54, 1.807) is 6.07 Å². The van der Waals surface area contributed by atoms with Crippen LogP contribution < -0.4 is 10.6 Å². The number of amides is 2. The van der Waals surface area contributed by atoms with Crippen molar-refractivity contribution in [2.45, 2.75) is 19.8 Å². The monoisotopic (exact) mass is 364 g/mol. The van der Waals surface area contributed by atoms with Gasteiger partial charge in [-0.3, -0.25) is 9.59 Å². The molecule has 0 atom stereocenters. The molecule has 0 radical (unpaired) electrons. The van der Waals surface area contributed by atoms with E-state index in [-0.39, 0.29) is 18.2 Å². The molecule has 1 aromatic heterocycles. The third-order valence-electron chi connectivity index (χ3n) is 2.98. The lowest BCUT2D eigenvalue weighted by molar-refractivity contribution is -0.115. The smallest absolute Gasteiger partial charge is 0.287 e. The van der Waals surface area contributed by atoms with Crippen molar-refractivity contribution in [1.82, 2.24) is 5.32 Å². The molecule has 0 aliphatic rings. The topological polar surface area (TPSA) is 71.3 Å². The largest absolute Gasteiger partial charge is 0.444 e. The van der Waals surface area contributed by atoms with Gasteiger partial charge >= 0.3 is 0 Å². The van der Waals surface area contributed by atoms with Gasteiger partial charge in [0.2, 0.25) is 5.91 Å². The molecule has 0 aliphatic heterocycles. The average Bonchev–Trinajstić information content (AvgIpc) is 2.94. The van der Waals surface area contributed by atoms with Crippen molar-refractivity contribution >= 4 is 33.4 Å². The number of halogens is 1. The summed E-state index contributed by atoms with van der Waals surface area (Å²) in [5, 5.41) is 5.23. The molecule has 1 heterocycles. The maximum absolute atomic E-state index is 11.8. The summed E-state index contributed by atoms with van der Waals surface area (Å²) < 4.78 is 5.57. The van der Waals surface area contributed by atoms with E-state index in [4.69, 9.17) is 4.42 Å². The number of benzene rings is 1. The first kappa shape index (κ1) is 16.3. The molecule has 2 rings (SSSR count). The van der Waals surface area contributed by atoms with Crippen molar-refractivity contribution in [1.29, 1.82) is 0 Å². The third kappa shape index (κ3) is 4.73. The van der Waals surface area contributed by atoms with Crippen LogP contribution in [0.1, 0.15) is 29.5 Å². The maximum Gasteiger partial charge on any atom is 0.287 e. The molecule has 22 heavy (non-hydrogen) atoms. The first-order chi connectivity index (χ1) is 10.6. The highest BCUT2D eigenvalue weighted by molar-refractivity contribution is 9.10. The van der Waals surface area contributed by atoms with Crippen LogP contribution in [0.25, 0.3) is 0 Å². The quantitative estimate of drug-likeness (QED) is 0.825. The second-order valence-corrected chi connectivity index (χ2v) is 5.56. The minimum absolute atomic E-state index is 0.117. The molecule has 2 amide bonds. The van der Waals surface area contributed by atoms with Crippen LogP contribution in [0.5, 0.6) is 0 Å². The van der Waals surface area contributed by atoms with Gasteiger partial charge in [-0.25, -0.2) is 0 Å². The predicted molar refractivity (Wildman–Crippen MR) is 87.8 cm³/mol. The zero-order valence-electron chi connectivity index (χ0n) is 12.2. The van der Waals surface area contributed by atoms with Gasteiger partial charge in [-0.1, -0.05) is 25.5 Å². The number of anilines is 1. The van der Waals surface area contributed by atoms with Crippen LogP contribution in [-0.2, 0) is 11.2 Å². The van der Waals surface area contributed by atoms with Crippen molar-refractivity contribution in [2.24, 2.45) is 0 Å². The van der Waals surface area contributed by atoms with Crippen LogP contribution >= 0.6 is 15.9 Å². The second kappa shape index (κ2) is 7.79. The van der Waals surface area contributed by atoms with Crippen molar-refractivity contribution in [3.8, 4) is 0 Å². The van der Waals surface area contributed by atoms with Crippen molar-refractivity contribution < 1.29 is 14.0 Å². The molecule has 1 aromatic carbocycles. The van der Waals surface area contributed by atoms with Crippen molar-refractivity contribution in [2.75, 3.05) is 11.9 Å². The Hall–Kier alpha value is -2.08. The minimum Gasteiger partial charge on any atom is -0.444 e. The molecule has 0 bridgehead atoms. The highest BCUT2D eigenvalue weighted by atomic mass is 79.9. The Labute approximate surface area is 137 Å². The Balaban J connectivity index is 1.81. The van der Waals surface area contributed by atoms with Crippen molar-refractivity contribution in [3.05, 3.63) is 52.4 Å². The number of carbonyl (C=O) groups excluding carboxylic acids is 2. The summed E-state index contributed by atoms with van der Waals surface area (Å²) >= 11 is 3.12. The number of nitrogens with one attached hydrogen (secondary N) is 2. The van der Waals surface area contributed by atoms with Crippen LogP contribution in [0.15, 0.2) is 45.5 Å². The van der Waals surface area contributed by atoms with Crippen LogP contribution in [-0.4, -0.2) is 18.4 Å². The fraction of sp³-hybridized carbons (Fsp3) is 0.250. The number of carbonyl (C=O) groups is 2. The summed E-state index contributed by atoms with van der Waals surface area (Å²) in [5.41, 5.74) is 1.94. The van der Waals surface area contributed by atoms with E-state index < -0.39 is 5.91 Å². The molecular weight excluding hydrogens is 348 g/mol. The van der Waals surface area contributed by atoms with Crippen molar-refractivity contribution in [3.63, 3.8) is 0 Å². The lowest BCUT2D eigenvalue weighted by Crippen LogP contribution is -2.32. The second-order valence-electron chi connectivity index (χ2n) is 4.78. The Kier molecular flexibility index (Phi) is 5.77. The average molecular weight is 365 g/mol. The van der Waals surface area contributed by atoms with Gasteiger partial charge in [-0.05, 0) is 52.2 Å². The van der Waals surface area contributed by atoms with E-state index in [9.17, 15) is 9.59 Å². The van der Waals surface area contributed by atoms with E-state index in [2.05, 4.69) is 33.5 Å². The highest BCUT2D eigenvalue weighted by Gasteiger charge is 2.11. The summed E-state index contributed by atoms with van der Waals surface area (Å²) in [6.45, 7) is 2.00. The van der Waals surface area contributed by atoms with Crippen LogP contribution in [0.4, 0.5) is 5.69 Å². The third-order valence-corrected chi connectivity index (χ3v) is 3.41. The summed E-state index contributed by atoms with van der Waals surface area (Å²) in [7, 11) is 0. The Morgan fingerprint density at radius 1 is 1.14 bits per heavy atom. The maximum atomic E-state index is 11.8. The molecule has 0 saturated heterocycles. The number of furan rings is 1. The molecule has 5 nitrogen and oxygen atoms in total. The van der Waals surface area contributed by atoms with E-state index >= 15 is 0 Å². The first-order valence-corrected chi connectivity index (χ1v) is 7.80. The fourth-order valence-electron chi connectivity index (χ4n) is 1.93. The van der Waals surface area contributed by atoms with E-state index in [0.717, 1.165) is 12.8 Å². The van der Waals surface area contributed by atoms with Gasteiger partial charge < -0.3 is 15.1 Å². The number of hydrogen-bond donors (Lipinski definition) is 2. The van der Waals surface area contributed by atoms with Crippen LogP contribution in [0.3, 0.4) is 0 Å². The van der Waals surface area contributed by atoms with Gasteiger partial charge in [-0.15, -0.1) is 0 Å². The Bertz CT molecular complexity index is 650. The summed E-state index contributed by atoms with van der Waals surface area (Å²) in [6.07, 6.45) is 2.10.